The van der Waals surface area contributed by atoms with Crippen molar-refractivity contribution in [3.63, 3.8) is 0 Å². The van der Waals surface area contributed by atoms with E-state index in [1.165, 1.54) is 49.7 Å². The lowest BCUT2D eigenvalue weighted by atomic mass is 9.95. The van der Waals surface area contributed by atoms with Gasteiger partial charge in [0.05, 0.1) is 11.0 Å². The fourth-order valence-electron chi connectivity index (χ4n) is 9.25. The largest absolute Gasteiger partial charge is 0.455 e. The Bertz CT molecular complexity index is 3630. The summed E-state index contributed by atoms with van der Waals surface area (Å²) in [5.41, 5.74) is 16.7. The molecule has 5 heteroatoms. The number of benzene rings is 9. The first-order valence-corrected chi connectivity index (χ1v) is 22.0. The SMILES string of the molecule is Cc1cccc2c1oc1c(-c3ccccc3-c3nc(-c4ccccc4)nc(-c4ccccc4)n3)cccc12.Cc1ccccc1-c1ccc2c3ccccc3n(-c3ccccc3)c2c1C. The van der Waals surface area contributed by atoms with Gasteiger partial charge in [-0.1, -0.05) is 194 Å². The Morgan fingerprint density at radius 1 is 0.338 bits per heavy atom. The Morgan fingerprint density at radius 3 is 1.54 bits per heavy atom. The van der Waals surface area contributed by atoms with Crippen LogP contribution in [0.3, 0.4) is 0 Å². The number of rotatable bonds is 6. The number of aromatic nitrogens is 4. The average Bonchev–Trinajstić information content (AvgIpc) is 3.93. The second-order valence-corrected chi connectivity index (χ2v) is 16.5. The van der Waals surface area contributed by atoms with E-state index in [1.54, 1.807) is 0 Å². The van der Waals surface area contributed by atoms with Gasteiger partial charge in [-0.3, -0.25) is 0 Å². The van der Waals surface area contributed by atoms with Gasteiger partial charge in [0.25, 0.3) is 0 Å². The van der Waals surface area contributed by atoms with E-state index < -0.39 is 0 Å². The van der Waals surface area contributed by atoms with Crippen molar-refractivity contribution in [3.05, 3.63) is 229 Å². The Hall–Kier alpha value is -8.41. The Balaban J connectivity index is 0.000000153. The average molecular weight is 837 g/mol. The first-order chi connectivity index (χ1) is 32.0. The normalized spacial score (nSPS) is 11.3. The molecular weight excluding hydrogens is 793 g/mol. The molecular formula is C60H44N4O. The minimum absolute atomic E-state index is 0.623. The lowest BCUT2D eigenvalue weighted by Crippen LogP contribution is -2.01. The number of para-hydroxylation sites is 4. The molecule has 0 bridgehead atoms. The van der Waals surface area contributed by atoms with Crippen molar-refractivity contribution in [2.45, 2.75) is 20.8 Å². The number of fused-ring (bicyclic) bond motifs is 6. The Labute approximate surface area is 378 Å². The van der Waals surface area contributed by atoms with E-state index in [4.69, 9.17) is 19.4 Å². The molecule has 0 saturated carbocycles. The van der Waals surface area contributed by atoms with Crippen LogP contribution < -0.4 is 0 Å². The van der Waals surface area contributed by atoms with E-state index in [-0.39, 0.29) is 0 Å². The van der Waals surface area contributed by atoms with E-state index in [9.17, 15) is 0 Å². The molecule has 3 heterocycles. The standard InChI is InChI=1S/C34H23N3O.C26H21N/c1-22-12-10-19-27-28-21-11-20-26(31(28)38-30(22)27)25-17-8-9-18-29(25)34-36-32(23-13-4-2-5-14-23)35-33(37-34)24-15-6-3-7-16-24;1-18-10-6-7-13-21(18)22-16-17-24-23-14-8-9-15-25(23)27(26(24)19(22)2)20-11-4-3-5-12-20/h2-21H,1H3;3-17H,1-2H3. The predicted molar refractivity (Wildman–Crippen MR) is 269 cm³/mol. The third kappa shape index (κ3) is 7.13. The lowest BCUT2D eigenvalue weighted by Gasteiger charge is -2.14. The summed E-state index contributed by atoms with van der Waals surface area (Å²) < 4.78 is 8.90. The summed E-state index contributed by atoms with van der Waals surface area (Å²) in [6.45, 7) is 6.52. The molecule has 310 valence electrons. The van der Waals surface area contributed by atoms with Gasteiger partial charge in [0.15, 0.2) is 17.5 Å². The fourth-order valence-corrected chi connectivity index (χ4v) is 9.25. The van der Waals surface area contributed by atoms with Crippen molar-refractivity contribution in [2.24, 2.45) is 0 Å². The molecule has 12 aromatic rings. The molecule has 0 atom stereocenters. The highest BCUT2D eigenvalue weighted by Crippen LogP contribution is 2.41. The third-order valence-corrected chi connectivity index (χ3v) is 12.4. The molecule has 3 aromatic heterocycles. The van der Waals surface area contributed by atoms with Gasteiger partial charge in [-0.15, -0.1) is 0 Å². The van der Waals surface area contributed by atoms with Crippen LogP contribution in [0.5, 0.6) is 0 Å². The summed E-state index contributed by atoms with van der Waals surface area (Å²) in [5.74, 6) is 1.90. The van der Waals surface area contributed by atoms with E-state index >= 15 is 0 Å². The van der Waals surface area contributed by atoms with Crippen LogP contribution in [0, 0.1) is 20.8 Å². The third-order valence-electron chi connectivity index (χ3n) is 12.4. The molecule has 12 rings (SSSR count). The molecule has 5 nitrogen and oxygen atoms in total. The van der Waals surface area contributed by atoms with Crippen LogP contribution >= 0.6 is 0 Å². The number of aryl methyl sites for hydroxylation is 3. The van der Waals surface area contributed by atoms with Gasteiger partial charge in [-0.05, 0) is 72.4 Å². The molecule has 0 amide bonds. The number of nitrogens with zero attached hydrogens (tertiary/aromatic N) is 4. The fraction of sp³-hybridized carbons (Fsp3) is 0.0500. The minimum atomic E-state index is 0.623. The van der Waals surface area contributed by atoms with Gasteiger partial charge < -0.3 is 8.98 Å². The molecule has 0 aliphatic heterocycles. The maximum Gasteiger partial charge on any atom is 0.164 e. The molecule has 0 radical (unpaired) electrons. The van der Waals surface area contributed by atoms with E-state index in [2.05, 4.69) is 165 Å². The Kier molecular flexibility index (Phi) is 10.1. The maximum absolute atomic E-state index is 6.49. The number of hydrogen-bond acceptors (Lipinski definition) is 4. The molecule has 0 fully saturated rings. The number of furan rings is 1. The molecule has 0 aliphatic rings. The topological polar surface area (TPSA) is 56.7 Å². The zero-order valence-corrected chi connectivity index (χ0v) is 36.4. The summed E-state index contributed by atoms with van der Waals surface area (Å²) >= 11 is 0. The summed E-state index contributed by atoms with van der Waals surface area (Å²) in [6.07, 6.45) is 0. The van der Waals surface area contributed by atoms with Gasteiger partial charge >= 0.3 is 0 Å². The van der Waals surface area contributed by atoms with Crippen LogP contribution in [-0.4, -0.2) is 19.5 Å². The zero-order valence-electron chi connectivity index (χ0n) is 36.4. The summed E-state index contributed by atoms with van der Waals surface area (Å²) in [4.78, 5) is 14.8. The van der Waals surface area contributed by atoms with Crippen LogP contribution in [0.2, 0.25) is 0 Å². The van der Waals surface area contributed by atoms with Crippen molar-refractivity contribution >= 4 is 43.7 Å². The highest BCUT2D eigenvalue weighted by Gasteiger charge is 2.20. The quantitative estimate of drug-likeness (QED) is 0.167. The molecule has 0 saturated heterocycles. The van der Waals surface area contributed by atoms with E-state index in [1.807, 2.05) is 72.8 Å². The predicted octanol–water partition coefficient (Wildman–Crippen LogP) is 15.8. The van der Waals surface area contributed by atoms with Crippen molar-refractivity contribution in [2.75, 3.05) is 0 Å². The smallest absolute Gasteiger partial charge is 0.164 e. The van der Waals surface area contributed by atoms with Crippen LogP contribution in [0.1, 0.15) is 16.7 Å². The van der Waals surface area contributed by atoms with Crippen molar-refractivity contribution < 1.29 is 4.42 Å². The number of hydrogen-bond donors (Lipinski definition) is 0. The molecule has 0 N–H and O–H groups in total. The first-order valence-electron chi connectivity index (χ1n) is 22.0. The van der Waals surface area contributed by atoms with Crippen LogP contribution in [0.4, 0.5) is 0 Å². The second kappa shape index (κ2) is 16.7. The summed E-state index contributed by atoms with van der Waals surface area (Å²) in [7, 11) is 0. The molecule has 0 aliphatic carbocycles. The van der Waals surface area contributed by atoms with Gasteiger partial charge in [0.1, 0.15) is 11.2 Å². The van der Waals surface area contributed by atoms with Gasteiger partial charge in [0, 0.05) is 49.5 Å². The van der Waals surface area contributed by atoms with Crippen LogP contribution in [0.25, 0.3) is 106 Å². The monoisotopic (exact) mass is 836 g/mol. The van der Waals surface area contributed by atoms with Crippen molar-refractivity contribution in [1.82, 2.24) is 19.5 Å². The lowest BCUT2D eigenvalue weighted by molar-refractivity contribution is 0.667. The van der Waals surface area contributed by atoms with E-state index in [0.717, 1.165) is 55.3 Å². The van der Waals surface area contributed by atoms with Gasteiger partial charge in [0.2, 0.25) is 0 Å². The molecule has 65 heavy (non-hydrogen) atoms. The highest BCUT2D eigenvalue weighted by molar-refractivity contribution is 6.12. The highest BCUT2D eigenvalue weighted by atomic mass is 16.3. The van der Waals surface area contributed by atoms with Crippen molar-refractivity contribution in [3.8, 4) is 62.1 Å². The molecule has 0 spiro atoms. The first kappa shape index (κ1) is 39.4. The van der Waals surface area contributed by atoms with Gasteiger partial charge in [-0.2, -0.15) is 0 Å². The zero-order chi connectivity index (χ0) is 43.9. The molecule has 0 unspecified atom stereocenters. The minimum Gasteiger partial charge on any atom is -0.455 e. The van der Waals surface area contributed by atoms with Crippen LogP contribution in [0.15, 0.2) is 217 Å². The summed E-state index contributed by atoms with van der Waals surface area (Å²) in [6, 6.07) is 73.5. The van der Waals surface area contributed by atoms with E-state index in [0.29, 0.717) is 17.5 Å². The molecule has 9 aromatic carbocycles. The second-order valence-electron chi connectivity index (χ2n) is 16.5. The Morgan fingerprint density at radius 2 is 0.846 bits per heavy atom. The van der Waals surface area contributed by atoms with Crippen molar-refractivity contribution in [1.29, 1.82) is 0 Å². The van der Waals surface area contributed by atoms with Crippen LogP contribution in [-0.2, 0) is 0 Å². The summed E-state index contributed by atoms with van der Waals surface area (Å²) in [5, 5.41) is 4.83. The van der Waals surface area contributed by atoms with Gasteiger partial charge in [-0.25, -0.2) is 15.0 Å². The maximum atomic E-state index is 6.49.